The summed E-state index contributed by atoms with van der Waals surface area (Å²) in [6, 6.07) is 3.25. The molecule has 0 saturated heterocycles. The molecular weight excluding hydrogens is 288 g/mol. The van der Waals surface area contributed by atoms with Gasteiger partial charge in [0.2, 0.25) is 0 Å². The van der Waals surface area contributed by atoms with Crippen molar-refractivity contribution in [2.24, 2.45) is 0 Å². The van der Waals surface area contributed by atoms with Crippen LogP contribution in [0.5, 0.6) is 0 Å². The number of carbonyl (C=O) groups excluding carboxylic acids is 1. The quantitative estimate of drug-likeness (QED) is 0.821. The molecule has 0 fully saturated rings. The van der Waals surface area contributed by atoms with E-state index < -0.39 is 5.97 Å². The molecule has 1 rings (SSSR count). The maximum atomic E-state index is 12.1. The first-order valence-corrected chi connectivity index (χ1v) is 6.70. The lowest BCUT2D eigenvalue weighted by molar-refractivity contribution is -0.137. The summed E-state index contributed by atoms with van der Waals surface area (Å²) in [5.41, 5.74) is 0. The SMILES string of the molecule is C=CCN(CC(=O)O)C(=O)N(C)Cc1ccc(Cl)s1. The van der Waals surface area contributed by atoms with Crippen LogP contribution in [0.3, 0.4) is 0 Å². The maximum Gasteiger partial charge on any atom is 0.323 e. The van der Waals surface area contributed by atoms with Crippen molar-refractivity contribution in [2.75, 3.05) is 20.1 Å². The smallest absolute Gasteiger partial charge is 0.323 e. The first kappa shape index (κ1) is 15.5. The van der Waals surface area contributed by atoms with Crippen molar-refractivity contribution in [3.05, 3.63) is 34.0 Å². The third kappa shape index (κ3) is 4.92. The number of hydrogen-bond donors (Lipinski definition) is 1. The molecule has 5 nitrogen and oxygen atoms in total. The predicted molar refractivity (Wildman–Crippen MR) is 75.6 cm³/mol. The second-order valence-electron chi connectivity index (χ2n) is 3.91. The summed E-state index contributed by atoms with van der Waals surface area (Å²) in [7, 11) is 1.62. The zero-order valence-electron chi connectivity index (χ0n) is 10.5. The maximum absolute atomic E-state index is 12.1. The molecule has 1 N–H and O–H groups in total. The molecule has 19 heavy (non-hydrogen) atoms. The van der Waals surface area contributed by atoms with E-state index in [-0.39, 0.29) is 19.1 Å². The van der Waals surface area contributed by atoms with Gasteiger partial charge in [-0.1, -0.05) is 17.7 Å². The first-order valence-electron chi connectivity index (χ1n) is 5.51. The minimum Gasteiger partial charge on any atom is -0.480 e. The van der Waals surface area contributed by atoms with Crippen molar-refractivity contribution in [1.29, 1.82) is 0 Å². The van der Waals surface area contributed by atoms with Crippen molar-refractivity contribution in [3.8, 4) is 0 Å². The lowest BCUT2D eigenvalue weighted by atomic mass is 10.4. The Morgan fingerprint density at radius 3 is 2.68 bits per heavy atom. The van der Waals surface area contributed by atoms with Crippen molar-refractivity contribution in [3.63, 3.8) is 0 Å². The molecule has 0 radical (unpaired) electrons. The Labute approximate surface area is 120 Å². The third-order valence-corrected chi connectivity index (χ3v) is 3.51. The van der Waals surface area contributed by atoms with Crippen molar-refractivity contribution in [2.45, 2.75) is 6.54 Å². The minimum atomic E-state index is -1.05. The number of amides is 2. The van der Waals surface area contributed by atoms with Gasteiger partial charge >= 0.3 is 12.0 Å². The minimum absolute atomic E-state index is 0.195. The number of nitrogens with zero attached hydrogens (tertiary/aromatic N) is 2. The van der Waals surface area contributed by atoms with Gasteiger partial charge in [0, 0.05) is 18.5 Å². The molecule has 0 unspecified atom stereocenters. The van der Waals surface area contributed by atoms with Gasteiger partial charge < -0.3 is 14.9 Å². The highest BCUT2D eigenvalue weighted by atomic mass is 35.5. The number of aliphatic carboxylic acids is 1. The summed E-state index contributed by atoms with van der Waals surface area (Å²) in [6.45, 7) is 3.76. The summed E-state index contributed by atoms with van der Waals surface area (Å²) in [5.74, 6) is -1.05. The molecule has 1 heterocycles. The van der Waals surface area contributed by atoms with Crippen LogP contribution in [-0.4, -0.2) is 47.0 Å². The molecule has 0 aliphatic carbocycles. The van der Waals surface area contributed by atoms with E-state index in [2.05, 4.69) is 6.58 Å². The Morgan fingerprint density at radius 2 is 2.21 bits per heavy atom. The average Bonchev–Trinajstić information content (AvgIpc) is 2.72. The van der Waals surface area contributed by atoms with Crippen LogP contribution < -0.4 is 0 Å². The lowest BCUT2D eigenvalue weighted by Crippen LogP contribution is -2.43. The third-order valence-electron chi connectivity index (χ3n) is 2.29. The van der Waals surface area contributed by atoms with Crippen molar-refractivity contribution >= 4 is 34.9 Å². The molecule has 0 saturated carbocycles. The zero-order chi connectivity index (χ0) is 14.4. The number of carboxylic acids is 1. The van der Waals surface area contributed by atoms with E-state index in [0.29, 0.717) is 10.9 Å². The molecule has 104 valence electrons. The fraction of sp³-hybridized carbons (Fsp3) is 0.333. The summed E-state index contributed by atoms with van der Waals surface area (Å²) in [4.78, 5) is 26.4. The molecule has 1 aromatic heterocycles. The Kier molecular flexibility index (Phi) is 5.85. The van der Waals surface area contributed by atoms with Gasteiger partial charge in [-0.3, -0.25) is 4.79 Å². The van der Waals surface area contributed by atoms with Gasteiger partial charge in [-0.15, -0.1) is 17.9 Å². The average molecular weight is 303 g/mol. The zero-order valence-corrected chi connectivity index (χ0v) is 12.1. The molecular formula is C12H15ClN2O3S. The first-order chi connectivity index (χ1) is 8.93. The van der Waals surface area contributed by atoms with Crippen LogP contribution >= 0.6 is 22.9 Å². The lowest BCUT2D eigenvalue weighted by Gasteiger charge is -2.25. The molecule has 0 aliphatic rings. The van der Waals surface area contributed by atoms with E-state index in [0.717, 1.165) is 4.88 Å². The Hall–Kier alpha value is -1.53. The van der Waals surface area contributed by atoms with Crippen LogP contribution in [0.15, 0.2) is 24.8 Å². The summed E-state index contributed by atoms with van der Waals surface area (Å²) in [6.07, 6.45) is 1.50. The second kappa shape index (κ2) is 7.16. The molecule has 1 aromatic rings. The second-order valence-corrected chi connectivity index (χ2v) is 5.71. The van der Waals surface area contributed by atoms with Gasteiger partial charge in [0.25, 0.3) is 0 Å². The highest BCUT2D eigenvalue weighted by Crippen LogP contribution is 2.22. The Balaban J connectivity index is 2.66. The van der Waals surface area contributed by atoms with Gasteiger partial charge in [-0.25, -0.2) is 4.79 Å². The van der Waals surface area contributed by atoms with Crippen molar-refractivity contribution in [1.82, 2.24) is 9.80 Å². The summed E-state index contributed by atoms with van der Waals surface area (Å²) in [5, 5.41) is 8.77. The number of halogens is 1. The van der Waals surface area contributed by atoms with Gasteiger partial charge in [0.15, 0.2) is 0 Å². The van der Waals surface area contributed by atoms with Gasteiger partial charge in [-0.2, -0.15) is 0 Å². The summed E-state index contributed by atoms with van der Waals surface area (Å²) < 4.78 is 0.657. The van der Waals surface area contributed by atoms with Crippen molar-refractivity contribution < 1.29 is 14.7 Å². The Morgan fingerprint density at radius 1 is 1.53 bits per heavy atom. The van der Waals surface area contributed by atoms with Crippen LogP contribution in [0.25, 0.3) is 0 Å². The van der Waals surface area contributed by atoms with E-state index in [4.69, 9.17) is 16.7 Å². The van der Waals surface area contributed by atoms with Crippen LogP contribution in [0, 0.1) is 0 Å². The van der Waals surface area contributed by atoms with E-state index in [9.17, 15) is 9.59 Å². The molecule has 0 aliphatic heterocycles. The number of carbonyl (C=O) groups is 2. The monoisotopic (exact) mass is 302 g/mol. The fourth-order valence-corrected chi connectivity index (χ4v) is 2.65. The van der Waals surface area contributed by atoms with Gasteiger partial charge in [0.05, 0.1) is 10.9 Å². The predicted octanol–water partition coefficient (Wildman–Crippen LogP) is 2.53. The molecule has 0 bridgehead atoms. The normalized spacial score (nSPS) is 10.0. The van der Waals surface area contributed by atoms with Crippen LogP contribution in [-0.2, 0) is 11.3 Å². The van der Waals surface area contributed by atoms with Crippen LogP contribution in [0.1, 0.15) is 4.88 Å². The number of urea groups is 1. The number of thiophene rings is 1. The molecule has 0 atom stereocenters. The number of carboxylic acid groups (broad SMARTS) is 1. The number of hydrogen-bond acceptors (Lipinski definition) is 3. The van der Waals surface area contributed by atoms with E-state index >= 15 is 0 Å². The largest absolute Gasteiger partial charge is 0.480 e. The van der Waals surface area contributed by atoms with Gasteiger partial charge in [-0.05, 0) is 12.1 Å². The van der Waals surface area contributed by atoms with Crippen LogP contribution in [0.4, 0.5) is 4.79 Å². The fourth-order valence-electron chi connectivity index (χ4n) is 1.51. The summed E-state index contributed by atoms with van der Waals surface area (Å²) >= 11 is 7.21. The van der Waals surface area contributed by atoms with E-state index in [1.165, 1.54) is 27.2 Å². The molecule has 0 spiro atoms. The van der Waals surface area contributed by atoms with E-state index in [1.807, 2.05) is 6.07 Å². The van der Waals surface area contributed by atoms with Crippen LogP contribution in [0.2, 0.25) is 4.34 Å². The van der Waals surface area contributed by atoms with Gasteiger partial charge in [0.1, 0.15) is 6.54 Å². The molecule has 2 amide bonds. The highest BCUT2D eigenvalue weighted by molar-refractivity contribution is 7.16. The standard InChI is InChI=1S/C12H15ClN2O3S/c1-3-6-15(8-11(16)17)12(18)14(2)7-9-4-5-10(13)19-9/h3-5H,1,6-8H2,2H3,(H,16,17). The van der Waals surface area contributed by atoms with E-state index in [1.54, 1.807) is 13.1 Å². The topological polar surface area (TPSA) is 60.9 Å². The highest BCUT2D eigenvalue weighted by Gasteiger charge is 2.19. The Bertz CT molecular complexity index is 475. The molecule has 7 heteroatoms. The number of rotatable bonds is 6. The molecule has 0 aromatic carbocycles.